The average molecular weight is 594 g/mol. The van der Waals surface area contributed by atoms with E-state index in [2.05, 4.69) is 15.3 Å². The van der Waals surface area contributed by atoms with E-state index in [9.17, 15) is 34.4 Å². The highest BCUT2D eigenvalue weighted by molar-refractivity contribution is 7.54. The third-order valence-corrected chi connectivity index (χ3v) is 9.84. The van der Waals surface area contributed by atoms with Crippen LogP contribution in [0, 0.1) is 0 Å². The quantitative estimate of drug-likeness (QED) is 0.201. The number of hydrogen-bond acceptors (Lipinski definition) is 10. The van der Waals surface area contributed by atoms with Gasteiger partial charge in [0.1, 0.15) is 30.7 Å². The molecule has 1 aromatic carbocycles. The van der Waals surface area contributed by atoms with Crippen molar-refractivity contribution in [3.63, 3.8) is 0 Å². The van der Waals surface area contributed by atoms with Gasteiger partial charge in [-0.3, -0.25) is 18.9 Å². The van der Waals surface area contributed by atoms with E-state index in [1.807, 2.05) is 30.3 Å². The first-order valence-electron chi connectivity index (χ1n) is 13.3. The van der Waals surface area contributed by atoms with Gasteiger partial charge in [-0.1, -0.05) is 49.4 Å². The molecule has 0 amide bonds. The summed E-state index contributed by atoms with van der Waals surface area (Å²) in [4.78, 5) is 38.0. The Morgan fingerprint density at radius 1 is 1.10 bits per heavy atom. The molecule has 7 atom stereocenters. The lowest BCUT2D eigenvalue weighted by Gasteiger charge is -2.37. The molecule has 0 radical (unpaired) electrons. The summed E-state index contributed by atoms with van der Waals surface area (Å²) in [7, 11) is -4.52. The Kier molecular flexibility index (Phi) is 8.86. The number of nitrogens with zero attached hydrogens (tertiary/aromatic N) is 4. The maximum absolute atomic E-state index is 12.8. The third kappa shape index (κ3) is 6.44. The van der Waals surface area contributed by atoms with Crippen molar-refractivity contribution in [3.8, 4) is 11.3 Å². The maximum atomic E-state index is 12.8. The average Bonchev–Trinajstić information content (AvgIpc) is 3.50. The Balaban J connectivity index is 1.55. The molecule has 0 bridgehead atoms. The largest absolute Gasteiger partial charge is 0.388 e. The van der Waals surface area contributed by atoms with Gasteiger partial charge in [0.2, 0.25) is 0 Å². The zero-order chi connectivity index (χ0) is 30.2. The number of aromatic nitrogens is 5. The summed E-state index contributed by atoms with van der Waals surface area (Å²) in [5.41, 5.74) is -1.57. The molecule has 4 rings (SSSR count). The van der Waals surface area contributed by atoms with Gasteiger partial charge in [0.25, 0.3) is 5.56 Å². The Hall–Kier alpha value is -2.97. The highest BCUT2D eigenvalue weighted by atomic mass is 31.2. The van der Waals surface area contributed by atoms with E-state index in [1.54, 1.807) is 20.0 Å². The van der Waals surface area contributed by atoms with Gasteiger partial charge < -0.3 is 29.5 Å². The van der Waals surface area contributed by atoms with E-state index in [0.29, 0.717) is 5.69 Å². The second-order valence-corrected chi connectivity index (χ2v) is 12.9. The number of H-pyrrole nitrogens is 1. The fraction of sp³-hybridized carbons (Fsp3) is 0.538. The van der Waals surface area contributed by atoms with Gasteiger partial charge in [-0.05, 0) is 26.7 Å². The summed E-state index contributed by atoms with van der Waals surface area (Å²) in [5, 5.41) is 38.1. The van der Waals surface area contributed by atoms with Gasteiger partial charge in [0.15, 0.2) is 5.34 Å². The molecule has 1 saturated heterocycles. The minimum absolute atomic E-state index is 0.0371. The molecule has 224 valence electrons. The van der Waals surface area contributed by atoms with Crippen molar-refractivity contribution in [2.45, 2.75) is 89.0 Å². The molecule has 1 aliphatic heterocycles. The van der Waals surface area contributed by atoms with E-state index in [4.69, 9.17) is 9.26 Å². The van der Waals surface area contributed by atoms with E-state index in [0.717, 1.165) is 10.1 Å². The molecule has 41 heavy (non-hydrogen) atoms. The molecule has 5 N–H and O–H groups in total. The lowest BCUT2D eigenvalue weighted by Crippen LogP contribution is -2.40. The summed E-state index contributed by atoms with van der Waals surface area (Å²) in [6, 6.07) is 9.30. The predicted molar refractivity (Wildman–Crippen MR) is 147 cm³/mol. The molecule has 1 fully saturated rings. The highest BCUT2D eigenvalue weighted by Gasteiger charge is 2.51. The van der Waals surface area contributed by atoms with Crippen molar-refractivity contribution in [2.24, 2.45) is 0 Å². The number of aliphatic hydroxyl groups excluding tert-OH is 2. The van der Waals surface area contributed by atoms with Gasteiger partial charge >= 0.3 is 13.3 Å². The molecule has 0 aliphatic carbocycles. The van der Waals surface area contributed by atoms with Crippen molar-refractivity contribution in [1.82, 2.24) is 24.5 Å². The molecule has 3 heterocycles. The van der Waals surface area contributed by atoms with Crippen LogP contribution in [0.25, 0.3) is 11.3 Å². The summed E-state index contributed by atoms with van der Waals surface area (Å²) in [6.07, 6.45) is -2.56. The molecule has 0 spiro atoms. The van der Waals surface area contributed by atoms with E-state index in [-0.39, 0.29) is 31.5 Å². The van der Waals surface area contributed by atoms with Crippen molar-refractivity contribution in [3.05, 3.63) is 69.1 Å². The molecule has 7 unspecified atom stereocenters. The second-order valence-electron chi connectivity index (χ2n) is 10.7. The molecule has 0 saturated carbocycles. The first kappa shape index (κ1) is 31.0. The molecule has 14 nitrogen and oxygen atoms in total. The summed E-state index contributed by atoms with van der Waals surface area (Å²) in [6.45, 7) is 5.87. The zero-order valence-electron chi connectivity index (χ0n) is 23.2. The lowest BCUT2D eigenvalue weighted by molar-refractivity contribution is -0.0534. The predicted octanol–water partition coefficient (Wildman–Crippen LogP) is 1.34. The fourth-order valence-electron chi connectivity index (χ4n) is 4.54. The number of rotatable bonds is 11. The number of aliphatic hydroxyl groups is 3. The van der Waals surface area contributed by atoms with Crippen LogP contribution in [0.15, 0.2) is 52.3 Å². The fourth-order valence-corrected chi connectivity index (χ4v) is 5.94. The molecular weight excluding hydrogens is 557 g/mol. The van der Waals surface area contributed by atoms with Crippen molar-refractivity contribution in [2.75, 3.05) is 0 Å². The SMILES string of the molecule is CCC(C)(CC1OC(c2cn(Cn3cc(-c4ccccc4)nn3)c(=O)[nH]c2=O)C(O)C1O)OP(=O)(O)C(C)(O)CC. The minimum atomic E-state index is -4.52. The van der Waals surface area contributed by atoms with Gasteiger partial charge in [0, 0.05) is 18.2 Å². The Morgan fingerprint density at radius 2 is 1.78 bits per heavy atom. The Bertz CT molecular complexity index is 1520. The van der Waals surface area contributed by atoms with Crippen LogP contribution in [0.5, 0.6) is 0 Å². The van der Waals surface area contributed by atoms with E-state index >= 15 is 0 Å². The third-order valence-electron chi connectivity index (χ3n) is 7.62. The van der Waals surface area contributed by atoms with Gasteiger partial charge in [-0.2, -0.15) is 0 Å². The zero-order valence-corrected chi connectivity index (χ0v) is 24.1. The summed E-state index contributed by atoms with van der Waals surface area (Å²) >= 11 is 0. The van der Waals surface area contributed by atoms with Gasteiger partial charge in [-0.25, -0.2) is 9.48 Å². The Labute approximate surface area is 235 Å². The van der Waals surface area contributed by atoms with Crippen LogP contribution in [-0.4, -0.2) is 74.0 Å². The maximum Gasteiger partial charge on any atom is 0.359 e. The normalized spacial score (nSPS) is 25.4. The first-order chi connectivity index (χ1) is 19.2. The van der Waals surface area contributed by atoms with Crippen LogP contribution in [0.3, 0.4) is 0 Å². The standard InChI is InChI=1S/C26H36N5O9P/c1-5-25(3,40-41(37,38)26(4,36)6-2)12-19-20(32)21(33)22(39-19)17-13-30(24(35)27-23(17)34)15-31-14-18(28-29-31)16-10-8-7-9-11-16/h7-11,13-14,19-22,32-33,36H,5-6,12,15H2,1-4H3,(H,37,38)(H,27,34,35). The summed E-state index contributed by atoms with van der Waals surface area (Å²) < 4.78 is 26.8. The van der Waals surface area contributed by atoms with Gasteiger partial charge in [-0.15, -0.1) is 5.10 Å². The Morgan fingerprint density at radius 3 is 2.41 bits per heavy atom. The smallest absolute Gasteiger partial charge is 0.359 e. The molecule has 2 aromatic heterocycles. The second kappa shape index (κ2) is 11.7. The molecular formula is C26H36N5O9P. The number of aromatic amines is 1. The number of ether oxygens (including phenoxy) is 1. The van der Waals surface area contributed by atoms with Crippen LogP contribution >= 0.6 is 7.60 Å². The molecule has 15 heteroatoms. The number of hydrogen-bond donors (Lipinski definition) is 5. The van der Waals surface area contributed by atoms with E-state index in [1.165, 1.54) is 24.7 Å². The first-order valence-corrected chi connectivity index (χ1v) is 14.8. The van der Waals surface area contributed by atoms with Crippen LogP contribution in [0.4, 0.5) is 0 Å². The molecule has 1 aliphatic rings. The van der Waals surface area contributed by atoms with Crippen molar-refractivity contribution >= 4 is 7.60 Å². The van der Waals surface area contributed by atoms with Crippen LogP contribution in [0.2, 0.25) is 0 Å². The number of nitrogens with one attached hydrogen (secondary N) is 1. The minimum Gasteiger partial charge on any atom is -0.388 e. The van der Waals surface area contributed by atoms with Crippen molar-refractivity contribution in [1.29, 1.82) is 0 Å². The van der Waals surface area contributed by atoms with Crippen LogP contribution in [-0.2, 0) is 20.5 Å². The van der Waals surface area contributed by atoms with Gasteiger partial charge in [0.05, 0.1) is 23.5 Å². The monoisotopic (exact) mass is 593 g/mol. The van der Waals surface area contributed by atoms with Crippen LogP contribution in [0.1, 0.15) is 58.6 Å². The summed E-state index contributed by atoms with van der Waals surface area (Å²) in [5.74, 6) is 0. The van der Waals surface area contributed by atoms with Crippen LogP contribution < -0.4 is 11.2 Å². The molecule has 3 aromatic rings. The highest BCUT2D eigenvalue weighted by Crippen LogP contribution is 2.59. The van der Waals surface area contributed by atoms with E-state index < -0.39 is 54.2 Å². The topological polar surface area (TPSA) is 202 Å². The van der Waals surface area contributed by atoms with Crippen molar-refractivity contribution < 1.29 is 34.0 Å². The number of benzene rings is 1. The lowest BCUT2D eigenvalue weighted by atomic mass is 9.92.